The third-order valence-electron chi connectivity index (χ3n) is 4.80. The summed E-state index contributed by atoms with van der Waals surface area (Å²) in [6.45, 7) is 4.89. The van der Waals surface area contributed by atoms with Crippen LogP contribution < -0.4 is 16.0 Å². The second-order valence-electron chi connectivity index (χ2n) is 6.86. The van der Waals surface area contributed by atoms with Crippen LogP contribution in [0.3, 0.4) is 0 Å². The van der Waals surface area contributed by atoms with Crippen LogP contribution in [0.2, 0.25) is 0 Å². The molecule has 1 unspecified atom stereocenters. The maximum atomic E-state index is 13.6. The van der Waals surface area contributed by atoms with Crippen LogP contribution in [-0.4, -0.2) is 56.0 Å². The molecule has 1 heterocycles. The van der Waals surface area contributed by atoms with Crippen molar-refractivity contribution in [1.29, 1.82) is 0 Å². The van der Waals surface area contributed by atoms with Crippen LogP contribution in [0.25, 0.3) is 0 Å². The Balaban J connectivity index is 0.00000420. The summed E-state index contributed by atoms with van der Waals surface area (Å²) >= 11 is 0. The van der Waals surface area contributed by atoms with Crippen molar-refractivity contribution >= 4 is 41.5 Å². The van der Waals surface area contributed by atoms with Crippen molar-refractivity contribution < 1.29 is 18.0 Å². The molecule has 0 bridgehead atoms. The average Bonchev–Trinajstić information content (AvgIpc) is 2.69. The largest absolute Gasteiger partial charge is 0.356 e. The van der Waals surface area contributed by atoms with Crippen molar-refractivity contribution in [3.05, 3.63) is 29.6 Å². The standard InChI is InChI=1S/C19H28F3N5O.HI/c1-13-6-3-4-10-27(13)11-5-9-24-19(23-2)25-12-16(28)26-15-8-7-14(20)17(21)18(15)22;/h7-8,13H,3-6,9-12H2,1-2H3,(H,26,28)(H2,23,24,25);1H. The van der Waals surface area contributed by atoms with E-state index in [2.05, 4.69) is 32.8 Å². The summed E-state index contributed by atoms with van der Waals surface area (Å²) in [6.07, 6.45) is 4.72. The third kappa shape index (κ3) is 8.00. The first-order valence-electron chi connectivity index (χ1n) is 9.54. The highest BCUT2D eigenvalue weighted by atomic mass is 127. The highest BCUT2D eigenvalue weighted by Gasteiger charge is 2.17. The van der Waals surface area contributed by atoms with Crippen molar-refractivity contribution in [3.8, 4) is 0 Å². The Labute approximate surface area is 186 Å². The molecule has 0 radical (unpaired) electrons. The van der Waals surface area contributed by atoms with Gasteiger partial charge in [0, 0.05) is 26.2 Å². The summed E-state index contributed by atoms with van der Waals surface area (Å²) in [5, 5.41) is 8.12. The van der Waals surface area contributed by atoms with Gasteiger partial charge in [-0.1, -0.05) is 6.42 Å². The highest BCUT2D eigenvalue weighted by Crippen LogP contribution is 2.19. The van der Waals surface area contributed by atoms with E-state index in [9.17, 15) is 18.0 Å². The molecule has 1 aliphatic rings. The van der Waals surface area contributed by atoms with Crippen molar-refractivity contribution in [2.24, 2.45) is 4.99 Å². The van der Waals surface area contributed by atoms with E-state index in [0.29, 0.717) is 18.5 Å². The number of amides is 1. The monoisotopic (exact) mass is 527 g/mol. The average molecular weight is 527 g/mol. The normalized spacial score (nSPS) is 17.4. The summed E-state index contributed by atoms with van der Waals surface area (Å²) in [5.41, 5.74) is -0.413. The van der Waals surface area contributed by atoms with E-state index >= 15 is 0 Å². The highest BCUT2D eigenvalue weighted by molar-refractivity contribution is 14.0. The molecule has 2 rings (SSSR count). The van der Waals surface area contributed by atoms with E-state index in [1.54, 1.807) is 7.05 Å². The van der Waals surface area contributed by atoms with Crippen molar-refractivity contribution in [2.45, 2.75) is 38.6 Å². The predicted octanol–water partition coefficient (Wildman–Crippen LogP) is 3.09. The molecule has 0 saturated carbocycles. The topological polar surface area (TPSA) is 68.8 Å². The molecular formula is C19H29F3IN5O. The minimum atomic E-state index is -1.62. The number of hydrogen-bond acceptors (Lipinski definition) is 3. The number of nitrogens with one attached hydrogen (secondary N) is 3. The molecule has 1 atom stereocenters. The molecule has 164 valence electrons. The van der Waals surface area contributed by atoms with Crippen molar-refractivity contribution in [3.63, 3.8) is 0 Å². The Hall–Kier alpha value is -1.56. The molecule has 1 amide bonds. The lowest BCUT2D eigenvalue weighted by Crippen LogP contribution is -2.43. The van der Waals surface area contributed by atoms with Crippen LogP contribution in [0, 0.1) is 17.5 Å². The zero-order valence-electron chi connectivity index (χ0n) is 16.7. The van der Waals surface area contributed by atoms with Crippen molar-refractivity contribution in [1.82, 2.24) is 15.5 Å². The quantitative estimate of drug-likeness (QED) is 0.168. The SMILES string of the molecule is CN=C(NCCCN1CCCCC1C)NCC(=O)Nc1ccc(F)c(F)c1F.I. The van der Waals surface area contributed by atoms with Gasteiger partial charge in [-0.15, -0.1) is 24.0 Å². The Kier molecular flexibility index (Phi) is 11.3. The number of carbonyl (C=O) groups excluding carboxylic acids is 1. The summed E-state index contributed by atoms with van der Waals surface area (Å²) in [5.74, 6) is -4.52. The fourth-order valence-corrected chi connectivity index (χ4v) is 3.18. The smallest absolute Gasteiger partial charge is 0.243 e. The second kappa shape index (κ2) is 12.9. The minimum absolute atomic E-state index is 0. The number of nitrogens with zero attached hydrogens (tertiary/aromatic N) is 2. The van der Waals surface area contributed by atoms with Crippen LogP contribution in [0.1, 0.15) is 32.6 Å². The molecule has 0 aromatic heterocycles. The minimum Gasteiger partial charge on any atom is -0.356 e. The fraction of sp³-hybridized carbons (Fsp3) is 0.579. The Morgan fingerprint density at radius 3 is 2.66 bits per heavy atom. The van der Waals surface area contributed by atoms with E-state index < -0.39 is 29.0 Å². The van der Waals surface area contributed by atoms with Crippen LogP contribution in [0.15, 0.2) is 17.1 Å². The number of likely N-dealkylation sites (tertiary alicyclic amines) is 1. The number of carbonyl (C=O) groups is 1. The zero-order chi connectivity index (χ0) is 20.5. The molecule has 1 saturated heterocycles. The molecular weight excluding hydrogens is 498 g/mol. The molecule has 1 fully saturated rings. The summed E-state index contributed by atoms with van der Waals surface area (Å²) in [6, 6.07) is 2.34. The van der Waals surface area contributed by atoms with Gasteiger partial charge >= 0.3 is 0 Å². The Morgan fingerprint density at radius 2 is 1.97 bits per heavy atom. The lowest BCUT2D eigenvalue weighted by atomic mass is 10.0. The van der Waals surface area contributed by atoms with Gasteiger partial charge in [-0.25, -0.2) is 13.2 Å². The van der Waals surface area contributed by atoms with E-state index in [1.165, 1.54) is 19.3 Å². The fourth-order valence-electron chi connectivity index (χ4n) is 3.18. The number of benzene rings is 1. The number of rotatable bonds is 7. The summed E-state index contributed by atoms with van der Waals surface area (Å²) in [7, 11) is 1.58. The van der Waals surface area contributed by atoms with E-state index in [4.69, 9.17) is 0 Å². The molecule has 6 nitrogen and oxygen atoms in total. The van der Waals surface area contributed by atoms with Gasteiger partial charge in [0.25, 0.3) is 0 Å². The second-order valence-corrected chi connectivity index (χ2v) is 6.86. The predicted molar refractivity (Wildman–Crippen MR) is 119 cm³/mol. The maximum absolute atomic E-state index is 13.6. The molecule has 29 heavy (non-hydrogen) atoms. The lowest BCUT2D eigenvalue weighted by Gasteiger charge is -2.33. The molecule has 0 aliphatic carbocycles. The molecule has 1 aromatic carbocycles. The first kappa shape index (κ1) is 25.5. The van der Waals surface area contributed by atoms with Gasteiger partial charge in [0.15, 0.2) is 23.4 Å². The molecule has 0 spiro atoms. The molecule has 10 heteroatoms. The third-order valence-corrected chi connectivity index (χ3v) is 4.80. The van der Waals surface area contributed by atoms with Crippen molar-refractivity contribution in [2.75, 3.05) is 38.5 Å². The number of hydrogen-bond donors (Lipinski definition) is 3. The number of guanidine groups is 1. The Bertz CT molecular complexity index is 705. The maximum Gasteiger partial charge on any atom is 0.243 e. The van der Waals surface area contributed by atoms with Gasteiger partial charge in [-0.05, 0) is 44.9 Å². The lowest BCUT2D eigenvalue weighted by molar-refractivity contribution is -0.115. The Morgan fingerprint density at radius 1 is 1.21 bits per heavy atom. The summed E-state index contributed by atoms with van der Waals surface area (Å²) in [4.78, 5) is 18.4. The van der Waals surface area contributed by atoms with Crippen LogP contribution in [0.5, 0.6) is 0 Å². The first-order valence-corrected chi connectivity index (χ1v) is 9.54. The first-order chi connectivity index (χ1) is 13.4. The number of piperidine rings is 1. The van der Waals surface area contributed by atoms with E-state index in [1.807, 2.05) is 0 Å². The van der Waals surface area contributed by atoms with Gasteiger partial charge in [-0.2, -0.15) is 0 Å². The summed E-state index contributed by atoms with van der Waals surface area (Å²) < 4.78 is 39.7. The number of halogens is 4. The van der Waals surface area contributed by atoms with Gasteiger partial charge in [-0.3, -0.25) is 9.79 Å². The number of aliphatic imine (C=N–C) groups is 1. The van der Waals surface area contributed by atoms with E-state index in [-0.39, 0.29) is 30.5 Å². The van der Waals surface area contributed by atoms with Gasteiger partial charge < -0.3 is 20.9 Å². The van der Waals surface area contributed by atoms with Gasteiger partial charge in [0.1, 0.15) is 0 Å². The van der Waals surface area contributed by atoms with Crippen LogP contribution >= 0.6 is 24.0 Å². The molecule has 3 N–H and O–H groups in total. The number of anilines is 1. The molecule has 1 aromatic rings. The zero-order valence-corrected chi connectivity index (χ0v) is 19.1. The molecule has 1 aliphatic heterocycles. The van der Waals surface area contributed by atoms with Gasteiger partial charge in [0.05, 0.1) is 12.2 Å². The van der Waals surface area contributed by atoms with E-state index in [0.717, 1.165) is 31.6 Å². The van der Waals surface area contributed by atoms with Gasteiger partial charge in [0.2, 0.25) is 5.91 Å². The van der Waals surface area contributed by atoms with Crippen LogP contribution in [-0.2, 0) is 4.79 Å². The van der Waals surface area contributed by atoms with Crippen LogP contribution in [0.4, 0.5) is 18.9 Å².